The molecule has 0 radical (unpaired) electrons. The number of halogens is 2. The van der Waals surface area contributed by atoms with Crippen molar-refractivity contribution in [2.75, 3.05) is 0 Å². The fourth-order valence-corrected chi connectivity index (χ4v) is 1.95. The molecule has 0 N–H and O–H groups in total. The van der Waals surface area contributed by atoms with Gasteiger partial charge in [0, 0.05) is 11.4 Å². The van der Waals surface area contributed by atoms with Gasteiger partial charge in [0.1, 0.15) is 17.3 Å². The minimum atomic E-state index is -0.420. The Morgan fingerprint density at radius 2 is 2.19 bits per heavy atom. The first-order valence-electron chi connectivity index (χ1n) is 4.35. The van der Waals surface area contributed by atoms with Crippen LogP contribution in [0.25, 0.3) is 0 Å². The van der Waals surface area contributed by atoms with E-state index in [-0.39, 0.29) is 5.02 Å². The summed E-state index contributed by atoms with van der Waals surface area (Å²) in [6.07, 6.45) is 0.740. The number of carbonyl (C=O) groups is 1. The Bertz CT molecular complexity index is 524. The number of aldehydes is 1. The first-order valence-corrected chi connectivity index (χ1v) is 5.61. The van der Waals surface area contributed by atoms with E-state index in [1.165, 1.54) is 29.5 Å². The van der Waals surface area contributed by atoms with E-state index in [4.69, 9.17) is 16.3 Å². The average Bonchev–Trinajstić information content (AvgIpc) is 2.70. The Morgan fingerprint density at radius 1 is 1.38 bits per heavy atom. The molecule has 0 aliphatic carbocycles. The number of thiophene rings is 1. The standard InChI is InChI=1S/C11H6ClFO2S/c12-10-3-7(13)1-2-11(10)15-8-4-9(5-14)16-6-8/h1-6H. The van der Waals surface area contributed by atoms with E-state index in [1.54, 1.807) is 11.4 Å². The number of benzene rings is 1. The number of hydrogen-bond acceptors (Lipinski definition) is 3. The summed E-state index contributed by atoms with van der Waals surface area (Å²) >= 11 is 7.06. The third kappa shape index (κ3) is 2.40. The maximum atomic E-state index is 12.8. The molecule has 1 heterocycles. The van der Waals surface area contributed by atoms with Crippen LogP contribution in [-0.4, -0.2) is 6.29 Å². The molecule has 2 nitrogen and oxygen atoms in total. The lowest BCUT2D eigenvalue weighted by Crippen LogP contribution is -1.84. The molecular weight excluding hydrogens is 251 g/mol. The molecule has 5 heteroatoms. The second kappa shape index (κ2) is 4.63. The zero-order chi connectivity index (χ0) is 11.5. The van der Waals surface area contributed by atoms with Gasteiger partial charge >= 0.3 is 0 Å². The highest BCUT2D eigenvalue weighted by molar-refractivity contribution is 7.11. The molecule has 2 rings (SSSR count). The zero-order valence-electron chi connectivity index (χ0n) is 7.94. The fraction of sp³-hybridized carbons (Fsp3) is 0. The van der Waals surface area contributed by atoms with Crippen LogP contribution in [0, 0.1) is 5.82 Å². The second-order valence-corrected chi connectivity index (χ2v) is 4.33. The molecule has 82 valence electrons. The Labute approximate surface area is 100 Å². The van der Waals surface area contributed by atoms with Gasteiger partial charge in [0.05, 0.1) is 9.90 Å². The van der Waals surface area contributed by atoms with Crippen molar-refractivity contribution in [1.29, 1.82) is 0 Å². The summed E-state index contributed by atoms with van der Waals surface area (Å²) in [5.74, 6) is 0.454. The molecular formula is C11H6ClFO2S. The number of hydrogen-bond donors (Lipinski definition) is 0. The third-order valence-corrected chi connectivity index (χ3v) is 2.97. The molecule has 0 bridgehead atoms. The van der Waals surface area contributed by atoms with Crippen LogP contribution in [0.5, 0.6) is 11.5 Å². The second-order valence-electron chi connectivity index (χ2n) is 2.98. The molecule has 1 aromatic heterocycles. The van der Waals surface area contributed by atoms with Gasteiger partial charge < -0.3 is 4.74 Å². The fourth-order valence-electron chi connectivity index (χ4n) is 1.13. The van der Waals surface area contributed by atoms with Gasteiger partial charge in [-0.25, -0.2) is 4.39 Å². The van der Waals surface area contributed by atoms with Gasteiger partial charge in [-0.2, -0.15) is 0 Å². The van der Waals surface area contributed by atoms with E-state index in [9.17, 15) is 9.18 Å². The van der Waals surface area contributed by atoms with Crippen molar-refractivity contribution in [1.82, 2.24) is 0 Å². The Kier molecular flexibility index (Phi) is 3.22. The number of carbonyl (C=O) groups excluding carboxylic acids is 1. The van der Waals surface area contributed by atoms with E-state index >= 15 is 0 Å². The molecule has 0 atom stereocenters. The summed E-state index contributed by atoms with van der Waals surface area (Å²) in [5.41, 5.74) is 0. The Hall–Kier alpha value is -1.39. The van der Waals surface area contributed by atoms with E-state index in [1.807, 2.05) is 0 Å². The highest BCUT2D eigenvalue weighted by Crippen LogP contribution is 2.31. The van der Waals surface area contributed by atoms with Gasteiger partial charge in [0.25, 0.3) is 0 Å². The Balaban J connectivity index is 2.23. The van der Waals surface area contributed by atoms with E-state index in [0.717, 1.165) is 6.29 Å². The van der Waals surface area contributed by atoms with Gasteiger partial charge in [-0.3, -0.25) is 4.79 Å². The maximum Gasteiger partial charge on any atom is 0.160 e. The van der Waals surface area contributed by atoms with E-state index in [0.29, 0.717) is 16.4 Å². The quantitative estimate of drug-likeness (QED) is 0.772. The smallest absolute Gasteiger partial charge is 0.160 e. The minimum absolute atomic E-state index is 0.193. The van der Waals surface area contributed by atoms with E-state index < -0.39 is 5.82 Å². The van der Waals surface area contributed by atoms with Crippen molar-refractivity contribution in [2.24, 2.45) is 0 Å². The van der Waals surface area contributed by atoms with Gasteiger partial charge in [-0.15, -0.1) is 11.3 Å². The van der Waals surface area contributed by atoms with Gasteiger partial charge in [0.15, 0.2) is 6.29 Å². The maximum absolute atomic E-state index is 12.8. The van der Waals surface area contributed by atoms with Crippen LogP contribution >= 0.6 is 22.9 Å². The summed E-state index contributed by atoms with van der Waals surface area (Å²) < 4.78 is 18.2. The van der Waals surface area contributed by atoms with Crippen LogP contribution in [0.2, 0.25) is 5.02 Å². The molecule has 0 saturated carbocycles. The van der Waals surface area contributed by atoms with Crippen LogP contribution in [0.3, 0.4) is 0 Å². The van der Waals surface area contributed by atoms with Gasteiger partial charge in [-0.1, -0.05) is 11.6 Å². The van der Waals surface area contributed by atoms with Crippen molar-refractivity contribution in [3.8, 4) is 11.5 Å². The van der Waals surface area contributed by atoms with Crippen LogP contribution in [0.4, 0.5) is 4.39 Å². The van der Waals surface area contributed by atoms with Crippen molar-refractivity contribution in [3.05, 3.63) is 45.4 Å². The van der Waals surface area contributed by atoms with Crippen LogP contribution in [-0.2, 0) is 0 Å². The largest absolute Gasteiger partial charge is 0.455 e. The van der Waals surface area contributed by atoms with Gasteiger partial charge in [-0.05, 0) is 18.2 Å². The minimum Gasteiger partial charge on any atom is -0.455 e. The highest BCUT2D eigenvalue weighted by atomic mass is 35.5. The van der Waals surface area contributed by atoms with Crippen LogP contribution < -0.4 is 4.74 Å². The summed E-state index contributed by atoms with van der Waals surface area (Å²) in [6, 6.07) is 5.46. The summed E-state index contributed by atoms with van der Waals surface area (Å²) in [6.45, 7) is 0. The summed E-state index contributed by atoms with van der Waals surface area (Å²) in [4.78, 5) is 11.0. The topological polar surface area (TPSA) is 26.3 Å². The molecule has 0 saturated heterocycles. The first-order chi connectivity index (χ1) is 7.69. The van der Waals surface area contributed by atoms with Crippen LogP contribution in [0.15, 0.2) is 29.6 Å². The lowest BCUT2D eigenvalue weighted by molar-refractivity contribution is 0.112. The molecule has 0 unspecified atom stereocenters. The predicted molar refractivity (Wildman–Crippen MR) is 61.2 cm³/mol. The lowest BCUT2D eigenvalue weighted by Gasteiger charge is -2.04. The SMILES string of the molecule is O=Cc1cc(Oc2ccc(F)cc2Cl)cs1. The monoisotopic (exact) mass is 256 g/mol. The Morgan fingerprint density at radius 3 is 2.81 bits per heavy atom. The molecule has 2 aromatic rings. The zero-order valence-corrected chi connectivity index (χ0v) is 9.52. The molecule has 16 heavy (non-hydrogen) atoms. The molecule has 0 aliphatic rings. The first kappa shape index (κ1) is 11.1. The van der Waals surface area contributed by atoms with Crippen molar-refractivity contribution in [2.45, 2.75) is 0 Å². The number of ether oxygens (including phenoxy) is 1. The molecule has 0 fully saturated rings. The predicted octanol–water partition coefficient (Wildman–Crippen LogP) is 4.15. The van der Waals surface area contributed by atoms with Crippen molar-refractivity contribution < 1.29 is 13.9 Å². The summed E-state index contributed by atoms with van der Waals surface area (Å²) in [7, 11) is 0. The third-order valence-electron chi connectivity index (χ3n) is 1.83. The normalized spacial score (nSPS) is 10.1. The summed E-state index contributed by atoms with van der Waals surface area (Å²) in [5, 5.41) is 1.88. The van der Waals surface area contributed by atoms with Gasteiger partial charge in [0.2, 0.25) is 0 Å². The van der Waals surface area contributed by atoms with Crippen molar-refractivity contribution >= 4 is 29.2 Å². The molecule has 1 aromatic carbocycles. The highest BCUT2D eigenvalue weighted by Gasteiger charge is 2.06. The number of rotatable bonds is 3. The lowest BCUT2D eigenvalue weighted by atomic mass is 10.3. The molecule has 0 aliphatic heterocycles. The molecule has 0 amide bonds. The average molecular weight is 257 g/mol. The molecule has 0 spiro atoms. The van der Waals surface area contributed by atoms with Crippen LogP contribution in [0.1, 0.15) is 9.67 Å². The van der Waals surface area contributed by atoms with E-state index in [2.05, 4.69) is 0 Å². The van der Waals surface area contributed by atoms with Crippen molar-refractivity contribution in [3.63, 3.8) is 0 Å².